The Labute approximate surface area is 145 Å². The van der Waals surface area contributed by atoms with Crippen molar-refractivity contribution in [2.75, 3.05) is 6.61 Å². The maximum atomic E-state index is 9.55. The van der Waals surface area contributed by atoms with E-state index < -0.39 is 0 Å². The van der Waals surface area contributed by atoms with Gasteiger partial charge in [0.25, 0.3) is 0 Å². The van der Waals surface area contributed by atoms with Gasteiger partial charge in [0.05, 0.1) is 17.9 Å². The number of hydrogen-bond acceptors (Lipinski definition) is 4. The Hall–Kier alpha value is -2.90. The number of nitrogens with zero attached hydrogens (tertiary/aromatic N) is 2. The van der Waals surface area contributed by atoms with Gasteiger partial charge in [-0.25, -0.2) is 4.98 Å². The topological polar surface area (TPSA) is 45.9 Å². The van der Waals surface area contributed by atoms with Crippen molar-refractivity contribution < 1.29 is 4.74 Å². The summed E-state index contributed by atoms with van der Waals surface area (Å²) in [5, 5.41) is 12.2. The van der Waals surface area contributed by atoms with Gasteiger partial charge < -0.3 is 4.74 Å². The average Bonchev–Trinajstić information content (AvgIpc) is 3.12. The van der Waals surface area contributed by atoms with Gasteiger partial charge in [-0.15, -0.1) is 11.3 Å². The molecule has 1 heterocycles. The summed E-state index contributed by atoms with van der Waals surface area (Å²) in [6.07, 6.45) is 1.83. The summed E-state index contributed by atoms with van der Waals surface area (Å²) < 4.78 is 5.62. The normalized spacial score (nSPS) is 11.1. The van der Waals surface area contributed by atoms with Crippen molar-refractivity contribution in [2.45, 2.75) is 6.92 Å². The van der Waals surface area contributed by atoms with E-state index in [1.54, 1.807) is 0 Å². The van der Waals surface area contributed by atoms with E-state index in [0.29, 0.717) is 17.2 Å². The fourth-order valence-corrected chi connectivity index (χ4v) is 3.12. The molecule has 4 heteroatoms. The molecule has 0 N–H and O–H groups in total. The predicted octanol–water partition coefficient (Wildman–Crippen LogP) is 5.27. The Bertz CT molecular complexity index is 891. The SMILES string of the molecule is CCOc1ccccc1/C=C(/C#N)c1nc(-c2ccccc2)cs1. The fourth-order valence-electron chi connectivity index (χ4n) is 2.32. The first kappa shape index (κ1) is 16.0. The Morgan fingerprint density at radius 2 is 1.92 bits per heavy atom. The van der Waals surface area contributed by atoms with Crippen molar-refractivity contribution in [3.05, 3.63) is 70.5 Å². The van der Waals surface area contributed by atoms with Crippen molar-refractivity contribution >= 4 is 23.0 Å². The van der Waals surface area contributed by atoms with Gasteiger partial charge in [0.1, 0.15) is 16.8 Å². The number of allylic oxidation sites excluding steroid dienone is 1. The van der Waals surface area contributed by atoms with E-state index in [4.69, 9.17) is 4.74 Å². The lowest BCUT2D eigenvalue weighted by Crippen LogP contribution is -1.93. The van der Waals surface area contributed by atoms with Crippen LogP contribution in [0.1, 0.15) is 17.5 Å². The Morgan fingerprint density at radius 1 is 1.17 bits per heavy atom. The lowest BCUT2D eigenvalue weighted by atomic mass is 10.1. The molecule has 0 aliphatic rings. The molecule has 0 spiro atoms. The van der Waals surface area contributed by atoms with Crippen LogP contribution in [0.4, 0.5) is 0 Å². The van der Waals surface area contributed by atoms with E-state index in [9.17, 15) is 5.26 Å². The number of aromatic nitrogens is 1. The fraction of sp³-hybridized carbons (Fsp3) is 0.100. The lowest BCUT2D eigenvalue weighted by Gasteiger charge is -2.06. The summed E-state index contributed by atoms with van der Waals surface area (Å²) >= 11 is 1.47. The number of rotatable bonds is 5. The minimum atomic E-state index is 0.536. The zero-order chi connectivity index (χ0) is 16.8. The van der Waals surface area contributed by atoms with Crippen LogP contribution in [0.15, 0.2) is 60.0 Å². The minimum absolute atomic E-state index is 0.536. The molecule has 0 aliphatic carbocycles. The summed E-state index contributed by atoms with van der Waals surface area (Å²) in [5.41, 5.74) is 3.35. The molecular formula is C20H16N2OS. The van der Waals surface area contributed by atoms with Crippen molar-refractivity contribution in [2.24, 2.45) is 0 Å². The molecule has 2 aromatic carbocycles. The van der Waals surface area contributed by atoms with Gasteiger partial charge in [0, 0.05) is 16.5 Å². The molecule has 0 bridgehead atoms. The number of para-hydroxylation sites is 1. The van der Waals surface area contributed by atoms with E-state index in [1.807, 2.05) is 73.0 Å². The molecule has 3 rings (SSSR count). The van der Waals surface area contributed by atoms with Gasteiger partial charge in [-0.3, -0.25) is 0 Å². The third-order valence-corrected chi connectivity index (χ3v) is 4.32. The second-order valence-electron chi connectivity index (χ2n) is 5.04. The highest BCUT2D eigenvalue weighted by atomic mass is 32.1. The average molecular weight is 332 g/mol. The van der Waals surface area contributed by atoms with Gasteiger partial charge in [0.2, 0.25) is 0 Å². The Kier molecular flexibility index (Phi) is 5.05. The van der Waals surface area contributed by atoms with Crippen LogP contribution in [0.25, 0.3) is 22.9 Å². The summed E-state index contributed by atoms with van der Waals surface area (Å²) in [6.45, 7) is 2.53. The van der Waals surface area contributed by atoms with Gasteiger partial charge in [-0.1, -0.05) is 48.5 Å². The van der Waals surface area contributed by atoms with Crippen LogP contribution in [0.3, 0.4) is 0 Å². The number of thiazole rings is 1. The largest absolute Gasteiger partial charge is 0.493 e. The summed E-state index contributed by atoms with van der Waals surface area (Å²) in [6, 6.07) is 19.9. The number of hydrogen-bond donors (Lipinski definition) is 0. The third-order valence-electron chi connectivity index (χ3n) is 3.44. The molecule has 0 radical (unpaired) electrons. The number of nitriles is 1. The van der Waals surface area contributed by atoms with Crippen molar-refractivity contribution in [1.29, 1.82) is 5.26 Å². The van der Waals surface area contributed by atoms with Crippen LogP contribution in [-0.4, -0.2) is 11.6 Å². The molecule has 3 nitrogen and oxygen atoms in total. The highest BCUT2D eigenvalue weighted by Crippen LogP contribution is 2.29. The van der Waals surface area contributed by atoms with Crippen molar-refractivity contribution in [3.8, 4) is 23.1 Å². The quantitative estimate of drug-likeness (QED) is 0.598. The first-order valence-electron chi connectivity index (χ1n) is 7.66. The van der Waals surface area contributed by atoms with E-state index in [-0.39, 0.29) is 0 Å². The first-order chi connectivity index (χ1) is 11.8. The Morgan fingerprint density at radius 3 is 2.67 bits per heavy atom. The van der Waals surface area contributed by atoms with E-state index in [1.165, 1.54) is 11.3 Å². The van der Waals surface area contributed by atoms with Crippen LogP contribution < -0.4 is 4.74 Å². The smallest absolute Gasteiger partial charge is 0.134 e. The molecule has 24 heavy (non-hydrogen) atoms. The van der Waals surface area contributed by atoms with Crippen LogP contribution >= 0.6 is 11.3 Å². The van der Waals surface area contributed by atoms with E-state index in [0.717, 1.165) is 22.6 Å². The van der Waals surface area contributed by atoms with Crippen LogP contribution in [-0.2, 0) is 0 Å². The van der Waals surface area contributed by atoms with Crippen LogP contribution in [0.5, 0.6) is 5.75 Å². The second-order valence-corrected chi connectivity index (χ2v) is 5.90. The first-order valence-corrected chi connectivity index (χ1v) is 8.54. The van der Waals surface area contributed by atoms with Gasteiger partial charge in [-0.2, -0.15) is 5.26 Å². The highest BCUT2D eigenvalue weighted by molar-refractivity contribution is 7.11. The molecule has 0 atom stereocenters. The van der Waals surface area contributed by atoms with Gasteiger partial charge in [0.15, 0.2) is 0 Å². The third kappa shape index (κ3) is 3.53. The van der Waals surface area contributed by atoms with E-state index >= 15 is 0 Å². The maximum Gasteiger partial charge on any atom is 0.134 e. The van der Waals surface area contributed by atoms with Crippen LogP contribution in [0.2, 0.25) is 0 Å². The molecule has 0 fully saturated rings. The molecular weight excluding hydrogens is 316 g/mol. The molecule has 3 aromatic rings. The monoisotopic (exact) mass is 332 g/mol. The molecule has 118 valence electrons. The molecule has 1 aromatic heterocycles. The lowest BCUT2D eigenvalue weighted by molar-refractivity contribution is 0.339. The standard InChI is InChI=1S/C20H16N2OS/c1-2-23-19-11-7-6-10-16(19)12-17(13-21)20-22-18(14-24-20)15-8-4-3-5-9-15/h3-12,14H,2H2,1H3/b17-12-. The number of ether oxygens (including phenoxy) is 1. The highest BCUT2D eigenvalue weighted by Gasteiger charge is 2.10. The number of benzene rings is 2. The molecule has 0 saturated carbocycles. The maximum absolute atomic E-state index is 9.55. The predicted molar refractivity (Wildman–Crippen MR) is 98.6 cm³/mol. The zero-order valence-electron chi connectivity index (χ0n) is 13.3. The van der Waals surface area contributed by atoms with Crippen molar-refractivity contribution in [3.63, 3.8) is 0 Å². The van der Waals surface area contributed by atoms with Crippen LogP contribution in [0, 0.1) is 11.3 Å². The van der Waals surface area contributed by atoms with Crippen molar-refractivity contribution in [1.82, 2.24) is 4.98 Å². The molecule has 0 unspecified atom stereocenters. The summed E-state index contributed by atoms with van der Waals surface area (Å²) in [4.78, 5) is 4.61. The Balaban J connectivity index is 1.96. The summed E-state index contributed by atoms with van der Waals surface area (Å²) in [5.74, 6) is 0.771. The summed E-state index contributed by atoms with van der Waals surface area (Å²) in [7, 11) is 0. The minimum Gasteiger partial charge on any atom is -0.493 e. The molecule has 0 saturated heterocycles. The van der Waals surface area contributed by atoms with Gasteiger partial charge >= 0.3 is 0 Å². The zero-order valence-corrected chi connectivity index (χ0v) is 14.1. The second kappa shape index (κ2) is 7.58. The molecule has 0 amide bonds. The van der Waals surface area contributed by atoms with E-state index in [2.05, 4.69) is 11.1 Å². The van der Waals surface area contributed by atoms with Gasteiger partial charge in [-0.05, 0) is 19.1 Å². The molecule has 0 aliphatic heterocycles.